The predicted molar refractivity (Wildman–Crippen MR) is 165 cm³/mol. The molecule has 4 aromatic rings. The quantitative estimate of drug-likeness (QED) is 0.123. The van der Waals surface area contributed by atoms with Crippen LogP contribution in [0, 0.1) is 29.1 Å². The average molecular weight is 669 g/mol. The Hall–Kier alpha value is -4.20. The topological polar surface area (TPSA) is 80.3 Å². The lowest BCUT2D eigenvalue weighted by molar-refractivity contribution is -0.253. The molecule has 0 aromatic heterocycles. The Kier molecular flexibility index (Phi) is 10.5. The van der Waals surface area contributed by atoms with Crippen molar-refractivity contribution in [1.82, 2.24) is 10.2 Å². The van der Waals surface area contributed by atoms with Gasteiger partial charge in [0.05, 0.1) is 32.0 Å². The van der Waals surface area contributed by atoms with Gasteiger partial charge in [-0.2, -0.15) is 0 Å². The molecule has 1 amide bonds. The predicted octanol–water partition coefficient (Wildman–Crippen LogP) is 6.35. The summed E-state index contributed by atoms with van der Waals surface area (Å²) >= 11 is 0. The molecule has 0 spiro atoms. The second-order valence-corrected chi connectivity index (χ2v) is 11.7. The minimum Gasteiger partial charge on any atom is -0.392 e. The minimum atomic E-state index is -2.33. The summed E-state index contributed by atoms with van der Waals surface area (Å²) in [5.74, 6) is -12.5. The number of benzene rings is 4. The number of nitrogens with one attached hydrogen (secondary N) is 1. The monoisotopic (exact) mass is 668 g/mol. The maximum absolute atomic E-state index is 14.1. The maximum Gasteiger partial charge on any atom is 0.257 e. The standard InChI is InChI=1S/C36H33F5N2O5/c37-30-29(31(38)33(40)34(41)32(30)39)35(45)42-18-22-3-1-4-24(15-22)25-5-2-6-26(16-25)36-47-27(19-43-11-13-46-14-12-43)17-28(48-36)23-9-7-21(20-44)8-10-23/h1-10,15-16,27-28,36,44H,11-14,17-20H2,(H,42,45)/t27-,28+,36+/m1/s1. The smallest absolute Gasteiger partial charge is 0.257 e. The van der Waals surface area contributed by atoms with Gasteiger partial charge >= 0.3 is 0 Å². The summed E-state index contributed by atoms with van der Waals surface area (Å²) in [5.41, 5.74) is 3.09. The summed E-state index contributed by atoms with van der Waals surface area (Å²) < 4.78 is 87.4. The first-order valence-corrected chi connectivity index (χ1v) is 15.5. The zero-order chi connectivity index (χ0) is 33.8. The number of amides is 1. The number of carbonyl (C=O) groups is 1. The second kappa shape index (κ2) is 14.9. The molecule has 48 heavy (non-hydrogen) atoms. The number of hydrogen-bond donors (Lipinski definition) is 2. The molecule has 0 unspecified atom stereocenters. The van der Waals surface area contributed by atoms with E-state index >= 15 is 0 Å². The molecule has 12 heteroatoms. The van der Waals surface area contributed by atoms with Crippen molar-refractivity contribution >= 4 is 5.91 Å². The van der Waals surface area contributed by atoms with Crippen LogP contribution in [-0.2, 0) is 27.4 Å². The fourth-order valence-corrected chi connectivity index (χ4v) is 5.91. The van der Waals surface area contributed by atoms with Crippen molar-refractivity contribution in [2.45, 2.75) is 38.1 Å². The molecule has 2 aliphatic rings. The van der Waals surface area contributed by atoms with Crippen LogP contribution in [0.3, 0.4) is 0 Å². The number of carbonyl (C=O) groups excluding carboxylic acids is 1. The Morgan fingerprint density at radius 2 is 1.42 bits per heavy atom. The van der Waals surface area contributed by atoms with Crippen LogP contribution in [0.5, 0.6) is 0 Å². The summed E-state index contributed by atoms with van der Waals surface area (Å²) in [6, 6.07) is 22.2. The number of aliphatic hydroxyl groups is 1. The van der Waals surface area contributed by atoms with E-state index in [4.69, 9.17) is 14.2 Å². The van der Waals surface area contributed by atoms with Crippen LogP contribution in [0.25, 0.3) is 11.1 Å². The highest BCUT2D eigenvalue weighted by Gasteiger charge is 2.34. The molecule has 2 saturated heterocycles. The lowest BCUT2D eigenvalue weighted by Crippen LogP contribution is -2.44. The van der Waals surface area contributed by atoms with Crippen LogP contribution in [0.15, 0.2) is 72.8 Å². The van der Waals surface area contributed by atoms with Gasteiger partial charge in [-0.1, -0.05) is 60.7 Å². The lowest BCUT2D eigenvalue weighted by atomic mass is 9.98. The van der Waals surface area contributed by atoms with E-state index in [-0.39, 0.29) is 25.4 Å². The van der Waals surface area contributed by atoms with Gasteiger partial charge in [-0.3, -0.25) is 9.69 Å². The summed E-state index contributed by atoms with van der Waals surface area (Å²) in [5, 5.41) is 11.7. The number of nitrogens with zero attached hydrogens (tertiary/aromatic N) is 1. The fraction of sp³-hybridized carbons (Fsp3) is 0.306. The van der Waals surface area contributed by atoms with E-state index in [1.165, 1.54) is 0 Å². The lowest BCUT2D eigenvalue weighted by Gasteiger charge is -2.39. The summed E-state index contributed by atoms with van der Waals surface area (Å²) in [6.07, 6.45) is -0.422. The van der Waals surface area contributed by atoms with Crippen LogP contribution in [0.2, 0.25) is 0 Å². The van der Waals surface area contributed by atoms with E-state index in [2.05, 4.69) is 10.2 Å². The van der Waals surface area contributed by atoms with E-state index in [0.29, 0.717) is 31.7 Å². The fourth-order valence-electron chi connectivity index (χ4n) is 5.91. The molecule has 252 valence electrons. The molecule has 7 nitrogen and oxygen atoms in total. The largest absolute Gasteiger partial charge is 0.392 e. The van der Waals surface area contributed by atoms with Crippen LogP contribution in [-0.4, -0.2) is 54.9 Å². The Morgan fingerprint density at radius 3 is 2.10 bits per heavy atom. The van der Waals surface area contributed by atoms with Crippen LogP contribution < -0.4 is 5.32 Å². The van der Waals surface area contributed by atoms with Crippen molar-refractivity contribution in [2.24, 2.45) is 0 Å². The Labute approximate surface area is 273 Å². The van der Waals surface area contributed by atoms with Gasteiger partial charge in [-0.15, -0.1) is 0 Å². The van der Waals surface area contributed by atoms with Crippen molar-refractivity contribution in [3.63, 3.8) is 0 Å². The van der Waals surface area contributed by atoms with Crippen LogP contribution in [0.1, 0.15) is 51.4 Å². The first-order chi connectivity index (χ1) is 23.2. The number of rotatable bonds is 9. The van der Waals surface area contributed by atoms with E-state index < -0.39 is 46.8 Å². The highest BCUT2D eigenvalue weighted by atomic mass is 19.2. The van der Waals surface area contributed by atoms with Crippen molar-refractivity contribution in [3.05, 3.63) is 130 Å². The molecule has 2 fully saturated rings. The highest BCUT2D eigenvalue weighted by molar-refractivity contribution is 5.94. The van der Waals surface area contributed by atoms with Gasteiger partial charge in [0.2, 0.25) is 5.82 Å². The Balaban J connectivity index is 1.20. The van der Waals surface area contributed by atoms with Gasteiger partial charge in [0.25, 0.3) is 5.91 Å². The zero-order valence-electron chi connectivity index (χ0n) is 25.7. The second-order valence-electron chi connectivity index (χ2n) is 11.7. The van der Waals surface area contributed by atoms with E-state index in [1.807, 2.05) is 54.6 Å². The van der Waals surface area contributed by atoms with E-state index in [9.17, 15) is 31.9 Å². The third kappa shape index (κ3) is 7.43. The summed E-state index contributed by atoms with van der Waals surface area (Å²) in [6.45, 7) is 3.39. The zero-order valence-corrected chi connectivity index (χ0v) is 25.7. The number of ether oxygens (including phenoxy) is 3. The molecule has 4 aromatic carbocycles. The average Bonchev–Trinajstić information content (AvgIpc) is 3.13. The first-order valence-electron chi connectivity index (χ1n) is 15.5. The molecule has 2 aliphatic heterocycles. The molecule has 6 rings (SSSR count). The molecule has 0 bridgehead atoms. The van der Waals surface area contributed by atoms with Gasteiger partial charge < -0.3 is 24.6 Å². The van der Waals surface area contributed by atoms with Crippen molar-refractivity contribution in [1.29, 1.82) is 0 Å². The highest BCUT2D eigenvalue weighted by Crippen LogP contribution is 2.39. The molecule has 2 heterocycles. The Bertz CT molecular complexity index is 1740. The van der Waals surface area contributed by atoms with E-state index in [1.54, 1.807) is 18.2 Å². The minimum absolute atomic E-state index is 0.0527. The molecule has 0 radical (unpaired) electrons. The van der Waals surface area contributed by atoms with Crippen molar-refractivity contribution in [3.8, 4) is 11.1 Å². The third-order valence-corrected chi connectivity index (χ3v) is 8.49. The third-order valence-electron chi connectivity index (χ3n) is 8.49. The normalized spacial score (nSPS) is 20.1. The van der Waals surface area contributed by atoms with Crippen molar-refractivity contribution < 1.29 is 46.1 Å². The van der Waals surface area contributed by atoms with Crippen LogP contribution in [0.4, 0.5) is 22.0 Å². The number of halogens is 5. The van der Waals surface area contributed by atoms with Gasteiger partial charge in [-0.25, -0.2) is 22.0 Å². The van der Waals surface area contributed by atoms with Crippen molar-refractivity contribution in [2.75, 3.05) is 32.8 Å². The summed E-state index contributed by atoms with van der Waals surface area (Å²) in [7, 11) is 0. The Morgan fingerprint density at radius 1 is 0.771 bits per heavy atom. The molecular weight excluding hydrogens is 635 g/mol. The van der Waals surface area contributed by atoms with Gasteiger partial charge in [-0.05, 0) is 39.9 Å². The van der Waals surface area contributed by atoms with E-state index in [0.717, 1.165) is 40.9 Å². The molecule has 0 saturated carbocycles. The molecule has 2 N–H and O–H groups in total. The van der Waals surface area contributed by atoms with Crippen LogP contribution >= 0.6 is 0 Å². The number of aliphatic hydroxyl groups excluding tert-OH is 1. The summed E-state index contributed by atoms with van der Waals surface area (Å²) in [4.78, 5) is 14.8. The van der Waals surface area contributed by atoms with Gasteiger partial charge in [0, 0.05) is 38.2 Å². The molecule has 3 atom stereocenters. The SMILES string of the molecule is O=C(NCc1cccc(-c2cccc([C@H]3O[C@@H](CN4CCOCC4)C[C@@H](c4ccc(CO)cc4)O3)c2)c1)c1c(F)c(F)c(F)c(F)c1F. The molecular formula is C36H33F5N2O5. The first kappa shape index (κ1) is 33.7. The van der Waals surface area contributed by atoms with Gasteiger partial charge in [0.1, 0.15) is 5.56 Å². The molecule has 0 aliphatic carbocycles. The van der Waals surface area contributed by atoms with Gasteiger partial charge in [0.15, 0.2) is 29.6 Å². The number of hydrogen-bond acceptors (Lipinski definition) is 6. The number of morpholine rings is 1. The maximum atomic E-state index is 14.1.